The highest BCUT2D eigenvalue weighted by Gasteiger charge is 2.30. The minimum atomic E-state index is -0.592. The molecule has 0 aliphatic carbocycles. The van der Waals surface area contributed by atoms with Crippen LogP contribution in [0.25, 0.3) is 11.3 Å². The average molecular weight is 479 g/mol. The Labute approximate surface area is 202 Å². The van der Waals surface area contributed by atoms with E-state index < -0.39 is 10.8 Å². The maximum atomic E-state index is 13.2. The normalized spacial score (nSPS) is 13.3. The van der Waals surface area contributed by atoms with Crippen LogP contribution >= 0.6 is 0 Å². The molecule has 182 valence electrons. The van der Waals surface area contributed by atoms with Gasteiger partial charge in [0.15, 0.2) is 17.3 Å². The van der Waals surface area contributed by atoms with Crippen LogP contribution in [-0.4, -0.2) is 73.4 Å². The minimum absolute atomic E-state index is 0.0373. The first-order valence-corrected chi connectivity index (χ1v) is 10.9. The van der Waals surface area contributed by atoms with E-state index in [2.05, 4.69) is 10.2 Å². The molecule has 0 saturated carbocycles. The second kappa shape index (κ2) is 10.2. The van der Waals surface area contributed by atoms with Crippen molar-refractivity contribution in [1.82, 2.24) is 15.1 Å². The van der Waals surface area contributed by atoms with Crippen LogP contribution in [0, 0.1) is 10.1 Å². The lowest BCUT2D eigenvalue weighted by Gasteiger charge is -2.35. The monoisotopic (exact) mass is 479 g/mol. The number of rotatable bonds is 7. The first-order chi connectivity index (χ1) is 16.9. The minimum Gasteiger partial charge on any atom is -0.497 e. The number of carbonyl (C=O) groups is 1. The van der Waals surface area contributed by atoms with E-state index in [9.17, 15) is 14.9 Å². The summed E-state index contributed by atoms with van der Waals surface area (Å²) >= 11 is 0. The van der Waals surface area contributed by atoms with Crippen LogP contribution in [-0.2, 0) is 0 Å². The molecule has 3 aromatic rings. The Morgan fingerprint density at radius 3 is 2.09 bits per heavy atom. The third-order valence-electron chi connectivity index (χ3n) is 5.86. The number of ether oxygens (including phenoxy) is 3. The lowest BCUT2D eigenvalue weighted by Crippen LogP contribution is -2.49. The Morgan fingerprint density at radius 1 is 0.886 bits per heavy atom. The summed E-state index contributed by atoms with van der Waals surface area (Å²) in [6.45, 7) is 1.80. The van der Waals surface area contributed by atoms with Crippen molar-refractivity contribution in [2.45, 2.75) is 0 Å². The summed E-state index contributed by atoms with van der Waals surface area (Å²) in [6.07, 6.45) is 0. The highest BCUT2D eigenvalue weighted by molar-refractivity contribution is 5.99. The van der Waals surface area contributed by atoms with Crippen LogP contribution in [0.4, 0.5) is 11.5 Å². The van der Waals surface area contributed by atoms with Gasteiger partial charge in [0.05, 0.1) is 38.0 Å². The van der Waals surface area contributed by atoms with Crippen molar-refractivity contribution >= 4 is 17.4 Å². The molecule has 0 unspecified atom stereocenters. The Hall–Kier alpha value is -4.41. The molecule has 1 aliphatic heterocycles. The predicted molar refractivity (Wildman–Crippen MR) is 128 cm³/mol. The van der Waals surface area contributed by atoms with Gasteiger partial charge in [0.1, 0.15) is 11.3 Å². The number of piperazine rings is 1. The molecule has 0 radical (unpaired) electrons. The molecule has 1 aliphatic rings. The van der Waals surface area contributed by atoms with Crippen molar-refractivity contribution in [1.29, 1.82) is 0 Å². The van der Waals surface area contributed by atoms with Crippen molar-refractivity contribution < 1.29 is 23.9 Å². The standard InChI is InChI=1S/C24H25N5O6/c1-33-17-6-4-16(5-7-17)19-8-9-23(26-25-19)27-10-12-28(13-11-27)24(30)18-14-21(34-2)22(35-3)15-20(18)29(31)32/h4-9,14-15H,10-13H2,1-3H3. The molecule has 11 heteroatoms. The van der Waals surface area contributed by atoms with Gasteiger partial charge in [-0.3, -0.25) is 14.9 Å². The number of hydrogen-bond donors (Lipinski definition) is 0. The summed E-state index contributed by atoms with van der Waals surface area (Å²) in [5, 5.41) is 20.3. The van der Waals surface area contributed by atoms with Gasteiger partial charge in [0.2, 0.25) is 0 Å². The van der Waals surface area contributed by atoms with E-state index in [1.807, 2.05) is 41.3 Å². The molecule has 4 rings (SSSR count). The summed E-state index contributed by atoms with van der Waals surface area (Å²) in [7, 11) is 4.42. The van der Waals surface area contributed by atoms with Crippen LogP contribution in [0.15, 0.2) is 48.5 Å². The van der Waals surface area contributed by atoms with Crippen LogP contribution in [0.5, 0.6) is 17.2 Å². The van der Waals surface area contributed by atoms with Gasteiger partial charge in [0, 0.05) is 37.8 Å². The lowest BCUT2D eigenvalue weighted by atomic mass is 10.1. The van der Waals surface area contributed by atoms with Crippen molar-refractivity contribution in [3.8, 4) is 28.5 Å². The van der Waals surface area contributed by atoms with Gasteiger partial charge in [-0.15, -0.1) is 10.2 Å². The Kier molecular flexibility index (Phi) is 6.95. The third-order valence-corrected chi connectivity index (χ3v) is 5.86. The molecule has 1 aromatic heterocycles. The Morgan fingerprint density at radius 2 is 1.54 bits per heavy atom. The molecule has 1 saturated heterocycles. The van der Waals surface area contributed by atoms with Crippen molar-refractivity contribution in [2.75, 3.05) is 52.4 Å². The fourth-order valence-corrected chi connectivity index (χ4v) is 3.91. The topological polar surface area (TPSA) is 120 Å². The SMILES string of the molecule is COc1ccc(-c2ccc(N3CCN(C(=O)c4cc(OC)c(OC)cc4[N+](=O)[O-])CC3)nn2)cc1. The number of benzene rings is 2. The smallest absolute Gasteiger partial charge is 0.286 e. The van der Waals surface area contributed by atoms with Gasteiger partial charge in [0.25, 0.3) is 11.6 Å². The largest absolute Gasteiger partial charge is 0.497 e. The number of amides is 1. The number of nitro groups is 1. The number of nitro benzene ring substituents is 1. The second-order valence-electron chi connectivity index (χ2n) is 7.77. The van der Waals surface area contributed by atoms with E-state index in [1.165, 1.54) is 26.4 Å². The van der Waals surface area contributed by atoms with Gasteiger partial charge < -0.3 is 24.0 Å². The van der Waals surface area contributed by atoms with Crippen LogP contribution in [0.1, 0.15) is 10.4 Å². The number of anilines is 1. The molecule has 0 bridgehead atoms. The Balaban J connectivity index is 1.45. The highest BCUT2D eigenvalue weighted by atomic mass is 16.6. The molecule has 0 atom stereocenters. The molecule has 1 amide bonds. The fourth-order valence-electron chi connectivity index (χ4n) is 3.91. The van der Waals surface area contributed by atoms with Crippen LogP contribution < -0.4 is 19.1 Å². The summed E-state index contributed by atoms with van der Waals surface area (Å²) in [6, 6.07) is 13.9. The maximum absolute atomic E-state index is 13.2. The number of methoxy groups -OCH3 is 3. The zero-order valence-electron chi connectivity index (χ0n) is 19.6. The van der Waals surface area contributed by atoms with Gasteiger partial charge in [-0.1, -0.05) is 0 Å². The van der Waals surface area contributed by atoms with Crippen LogP contribution in [0.3, 0.4) is 0 Å². The quantitative estimate of drug-likeness (QED) is 0.372. The summed E-state index contributed by atoms with van der Waals surface area (Å²) in [5.74, 6) is 1.48. The number of nitrogens with zero attached hydrogens (tertiary/aromatic N) is 5. The lowest BCUT2D eigenvalue weighted by molar-refractivity contribution is -0.385. The molecule has 0 N–H and O–H groups in total. The molecular weight excluding hydrogens is 454 g/mol. The molecule has 0 spiro atoms. The van der Waals surface area contributed by atoms with Crippen molar-refractivity contribution in [3.05, 3.63) is 64.2 Å². The van der Waals surface area contributed by atoms with Crippen LogP contribution in [0.2, 0.25) is 0 Å². The van der Waals surface area contributed by atoms with Crippen molar-refractivity contribution in [2.24, 2.45) is 0 Å². The van der Waals surface area contributed by atoms with E-state index in [0.29, 0.717) is 32.0 Å². The number of hydrogen-bond acceptors (Lipinski definition) is 9. The molecular formula is C24H25N5O6. The van der Waals surface area contributed by atoms with E-state index in [1.54, 1.807) is 12.0 Å². The number of aromatic nitrogens is 2. The third kappa shape index (κ3) is 4.93. The van der Waals surface area contributed by atoms with E-state index in [4.69, 9.17) is 14.2 Å². The summed E-state index contributed by atoms with van der Waals surface area (Å²) < 4.78 is 15.5. The number of carbonyl (C=O) groups excluding carboxylic acids is 1. The van der Waals surface area contributed by atoms with Gasteiger partial charge in [-0.05, 0) is 36.4 Å². The highest BCUT2D eigenvalue weighted by Crippen LogP contribution is 2.35. The molecule has 2 aromatic carbocycles. The van der Waals surface area contributed by atoms with Gasteiger partial charge >= 0.3 is 0 Å². The van der Waals surface area contributed by atoms with E-state index in [0.717, 1.165) is 17.0 Å². The zero-order valence-corrected chi connectivity index (χ0v) is 19.6. The van der Waals surface area contributed by atoms with E-state index >= 15 is 0 Å². The zero-order chi connectivity index (χ0) is 24.9. The second-order valence-corrected chi connectivity index (χ2v) is 7.77. The van der Waals surface area contributed by atoms with Gasteiger partial charge in [-0.25, -0.2) is 0 Å². The predicted octanol–water partition coefficient (Wildman–Crippen LogP) is 3.04. The molecule has 2 heterocycles. The summed E-state index contributed by atoms with van der Waals surface area (Å²) in [5.41, 5.74) is 1.31. The summed E-state index contributed by atoms with van der Waals surface area (Å²) in [4.78, 5) is 27.8. The molecule has 1 fully saturated rings. The maximum Gasteiger partial charge on any atom is 0.286 e. The molecule has 11 nitrogen and oxygen atoms in total. The first-order valence-electron chi connectivity index (χ1n) is 10.9. The first kappa shape index (κ1) is 23.7. The van der Waals surface area contributed by atoms with Crippen molar-refractivity contribution in [3.63, 3.8) is 0 Å². The Bertz CT molecular complexity index is 1210. The van der Waals surface area contributed by atoms with Gasteiger partial charge in [-0.2, -0.15) is 0 Å². The fraction of sp³-hybridized carbons (Fsp3) is 0.292. The average Bonchev–Trinajstić information content (AvgIpc) is 2.92. The molecule has 35 heavy (non-hydrogen) atoms. The van der Waals surface area contributed by atoms with E-state index in [-0.39, 0.29) is 22.7 Å².